The Morgan fingerprint density at radius 2 is 2.06 bits per heavy atom. The van der Waals surface area contributed by atoms with Gasteiger partial charge < -0.3 is 10.3 Å². The largest absolute Gasteiger partial charge is 0.330 e. The number of halogens is 1. The van der Waals surface area contributed by atoms with E-state index >= 15 is 0 Å². The van der Waals surface area contributed by atoms with Gasteiger partial charge >= 0.3 is 0 Å². The van der Waals surface area contributed by atoms with E-state index in [0.29, 0.717) is 11.7 Å². The van der Waals surface area contributed by atoms with Gasteiger partial charge in [-0.15, -0.1) is 10.2 Å². The molecule has 2 aromatic rings. The predicted octanol–water partition coefficient (Wildman–Crippen LogP) is 1.50. The summed E-state index contributed by atoms with van der Waals surface area (Å²) in [5.41, 5.74) is 5.54. The standard InChI is InChI=1S/C10H13BrN6S/c1-2-17-8(3-4-12)15-16-10(17)18-9-13-5-7(11)6-14-9/h5-6H,2-4,12H2,1H3. The quantitative estimate of drug-likeness (QED) is 0.837. The molecule has 0 aliphatic carbocycles. The fraction of sp³-hybridized carbons (Fsp3) is 0.400. The lowest BCUT2D eigenvalue weighted by Crippen LogP contribution is -2.10. The van der Waals surface area contributed by atoms with Crippen LogP contribution in [0, 0.1) is 0 Å². The van der Waals surface area contributed by atoms with E-state index in [4.69, 9.17) is 5.73 Å². The molecule has 96 valence electrons. The van der Waals surface area contributed by atoms with Crippen molar-refractivity contribution in [3.05, 3.63) is 22.7 Å². The molecule has 0 amide bonds. The Kier molecular flexibility index (Phi) is 4.67. The average Bonchev–Trinajstić information content (AvgIpc) is 2.75. The maximum Gasteiger partial charge on any atom is 0.199 e. The molecule has 0 saturated carbocycles. The summed E-state index contributed by atoms with van der Waals surface area (Å²) >= 11 is 4.70. The van der Waals surface area contributed by atoms with Crippen molar-refractivity contribution >= 4 is 27.7 Å². The molecule has 0 aromatic carbocycles. The molecule has 2 rings (SSSR count). The zero-order valence-corrected chi connectivity index (χ0v) is 12.3. The molecule has 0 fully saturated rings. The molecule has 0 aliphatic rings. The third-order valence-electron chi connectivity index (χ3n) is 2.26. The maximum atomic E-state index is 5.54. The first-order chi connectivity index (χ1) is 8.74. The highest BCUT2D eigenvalue weighted by atomic mass is 79.9. The molecular weight excluding hydrogens is 316 g/mol. The van der Waals surface area contributed by atoms with Gasteiger partial charge in [0.25, 0.3) is 0 Å². The van der Waals surface area contributed by atoms with Crippen molar-refractivity contribution in [2.45, 2.75) is 30.2 Å². The molecule has 8 heteroatoms. The normalized spacial score (nSPS) is 10.8. The molecule has 0 unspecified atom stereocenters. The first-order valence-corrected chi connectivity index (χ1v) is 7.13. The lowest BCUT2D eigenvalue weighted by atomic mass is 10.4. The smallest absolute Gasteiger partial charge is 0.199 e. The van der Waals surface area contributed by atoms with Gasteiger partial charge in [-0.05, 0) is 41.2 Å². The highest BCUT2D eigenvalue weighted by molar-refractivity contribution is 9.10. The van der Waals surface area contributed by atoms with E-state index in [0.717, 1.165) is 28.4 Å². The van der Waals surface area contributed by atoms with E-state index in [1.165, 1.54) is 11.8 Å². The summed E-state index contributed by atoms with van der Waals surface area (Å²) in [7, 11) is 0. The SMILES string of the molecule is CCn1c(CCN)nnc1Sc1ncc(Br)cn1. The monoisotopic (exact) mass is 328 g/mol. The lowest BCUT2D eigenvalue weighted by Gasteiger charge is -2.05. The summed E-state index contributed by atoms with van der Waals surface area (Å²) in [5.74, 6) is 0.902. The van der Waals surface area contributed by atoms with Crippen LogP contribution in [0.3, 0.4) is 0 Å². The third kappa shape index (κ3) is 3.06. The van der Waals surface area contributed by atoms with Gasteiger partial charge in [-0.3, -0.25) is 0 Å². The van der Waals surface area contributed by atoms with Crippen LogP contribution in [0.15, 0.2) is 27.2 Å². The van der Waals surface area contributed by atoms with Crippen molar-refractivity contribution in [2.75, 3.05) is 6.54 Å². The van der Waals surface area contributed by atoms with Gasteiger partial charge in [-0.1, -0.05) is 0 Å². The molecule has 0 saturated heterocycles. The minimum atomic E-state index is 0.567. The summed E-state index contributed by atoms with van der Waals surface area (Å²) in [6, 6.07) is 0. The van der Waals surface area contributed by atoms with Crippen LogP contribution >= 0.6 is 27.7 Å². The van der Waals surface area contributed by atoms with Gasteiger partial charge in [0.1, 0.15) is 5.82 Å². The zero-order valence-electron chi connectivity index (χ0n) is 9.88. The van der Waals surface area contributed by atoms with Crippen LogP contribution < -0.4 is 5.73 Å². The maximum absolute atomic E-state index is 5.54. The predicted molar refractivity (Wildman–Crippen MR) is 72.3 cm³/mol. The Morgan fingerprint density at radius 3 is 2.67 bits per heavy atom. The van der Waals surface area contributed by atoms with E-state index in [2.05, 4.69) is 43.0 Å². The zero-order chi connectivity index (χ0) is 13.0. The van der Waals surface area contributed by atoms with Crippen LogP contribution in [0.2, 0.25) is 0 Å². The second kappa shape index (κ2) is 6.26. The fourth-order valence-electron chi connectivity index (χ4n) is 1.46. The van der Waals surface area contributed by atoms with Crippen molar-refractivity contribution in [2.24, 2.45) is 5.73 Å². The van der Waals surface area contributed by atoms with Gasteiger partial charge in [0, 0.05) is 25.4 Å². The molecular formula is C10H13BrN6S. The highest BCUT2D eigenvalue weighted by Crippen LogP contribution is 2.23. The first-order valence-electron chi connectivity index (χ1n) is 5.52. The molecule has 2 N–H and O–H groups in total. The van der Waals surface area contributed by atoms with E-state index < -0.39 is 0 Å². The summed E-state index contributed by atoms with van der Waals surface area (Å²) in [5, 5.41) is 9.74. The van der Waals surface area contributed by atoms with E-state index in [-0.39, 0.29) is 0 Å². The number of rotatable bonds is 5. The minimum absolute atomic E-state index is 0.567. The second-order valence-corrected chi connectivity index (χ2v) is 5.32. The van der Waals surface area contributed by atoms with Gasteiger partial charge in [-0.2, -0.15) is 0 Å². The van der Waals surface area contributed by atoms with E-state index in [9.17, 15) is 0 Å². The number of hydrogen-bond donors (Lipinski definition) is 1. The summed E-state index contributed by atoms with van der Waals surface area (Å²) < 4.78 is 2.88. The first kappa shape index (κ1) is 13.4. The van der Waals surface area contributed by atoms with Crippen LogP contribution in [0.25, 0.3) is 0 Å². The summed E-state index contributed by atoms with van der Waals surface area (Å²) in [6.07, 6.45) is 4.15. The average molecular weight is 329 g/mol. The number of aromatic nitrogens is 5. The fourth-order valence-corrected chi connectivity index (χ4v) is 2.47. The summed E-state index contributed by atoms with van der Waals surface area (Å²) in [4.78, 5) is 8.41. The second-order valence-electron chi connectivity index (χ2n) is 3.47. The Bertz CT molecular complexity index is 512. The number of hydrogen-bond acceptors (Lipinski definition) is 6. The minimum Gasteiger partial charge on any atom is -0.330 e. The van der Waals surface area contributed by atoms with Crippen molar-refractivity contribution in [3.8, 4) is 0 Å². The molecule has 0 bridgehead atoms. The third-order valence-corrected chi connectivity index (χ3v) is 3.54. The van der Waals surface area contributed by atoms with Crippen LogP contribution in [0.5, 0.6) is 0 Å². The van der Waals surface area contributed by atoms with Crippen LogP contribution in [-0.4, -0.2) is 31.3 Å². The van der Waals surface area contributed by atoms with Crippen LogP contribution in [-0.2, 0) is 13.0 Å². The van der Waals surface area contributed by atoms with Crippen molar-refractivity contribution in [1.29, 1.82) is 0 Å². The van der Waals surface area contributed by atoms with Gasteiger partial charge in [-0.25, -0.2) is 9.97 Å². The van der Waals surface area contributed by atoms with Gasteiger partial charge in [0.2, 0.25) is 0 Å². The van der Waals surface area contributed by atoms with Crippen molar-refractivity contribution < 1.29 is 0 Å². The number of nitrogens with two attached hydrogens (primary N) is 1. The summed E-state index contributed by atoms with van der Waals surface area (Å²) in [6.45, 7) is 3.43. The topological polar surface area (TPSA) is 82.5 Å². The molecule has 2 aromatic heterocycles. The van der Waals surface area contributed by atoms with Crippen LogP contribution in [0.1, 0.15) is 12.7 Å². The molecule has 2 heterocycles. The molecule has 0 radical (unpaired) electrons. The van der Waals surface area contributed by atoms with Crippen molar-refractivity contribution in [3.63, 3.8) is 0 Å². The molecule has 0 atom stereocenters. The van der Waals surface area contributed by atoms with Crippen LogP contribution in [0.4, 0.5) is 0 Å². The lowest BCUT2D eigenvalue weighted by molar-refractivity contribution is 0.639. The van der Waals surface area contributed by atoms with E-state index in [1.807, 2.05) is 4.57 Å². The number of nitrogens with zero attached hydrogens (tertiary/aromatic N) is 5. The van der Waals surface area contributed by atoms with Crippen molar-refractivity contribution in [1.82, 2.24) is 24.7 Å². The Balaban J connectivity index is 2.20. The molecule has 6 nitrogen and oxygen atoms in total. The Hall–Kier alpha value is -0.990. The Labute approximate surface area is 118 Å². The van der Waals surface area contributed by atoms with Gasteiger partial charge in [0.15, 0.2) is 10.3 Å². The highest BCUT2D eigenvalue weighted by Gasteiger charge is 2.12. The molecule has 0 spiro atoms. The Morgan fingerprint density at radius 1 is 1.33 bits per heavy atom. The molecule has 18 heavy (non-hydrogen) atoms. The van der Waals surface area contributed by atoms with Gasteiger partial charge in [0.05, 0.1) is 4.47 Å². The molecule has 0 aliphatic heterocycles. The van der Waals surface area contributed by atoms with E-state index in [1.54, 1.807) is 12.4 Å².